The van der Waals surface area contributed by atoms with Gasteiger partial charge in [-0.25, -0.2) is 0 Å². The van der Waals surface area contributed by atoms with Gasteiger partial charge in [-0.3, -0.25) is 15.1 Å². The number of nitro benzene ring substituents is 1. The number of nitrogens with zero attached hydrogens (tertiary/aromatic N) is 3. The lowest BCUT2D eigenvalue weighted by atomic mass is 10.2. The fourth-order valence-corrected chi connectivity index (χ4v) is 1.19. The van der Waals surface area contributed by atoms with Crippen LogP contribution in [0.1, 0.15) is 5.56 Å². The van der Waals surface area contributed by atoms with E-state index < -0.39 is 4.92 Å². The van der Waals surface area contributed by atoms with E-state index in [-0.39, 0.29) is 5.69 Å². The van der Waals surface area contributed by atoms with Crippen LogP contribution in [0.3, 0.4) is 0 Å². The number of rotatable bonds is 3. The van der Waals surface area contributed by atoms with Gasteiger partial charge in [0.1, 0.15) is 0 Å². The Bertz CT molecular complexity index is 376. The number of hydrazone groups is 1. The van der Waals surface area contributed by atoms with Crippen LogP contribution in [0.5, 0.6) is 0 Å². The first kappa shape index (κ1) is 10.2. The van der Waals surface area contributed by atoms with E-state index in [4.69, 9.17) is 0 Å². The molecule has 5 nitrogen and oxygen atoms in total. The van der Waals surface area contributed by atoms with Gasteiger partial charge < -0.3 is 0 Å². The molecule has 14 heavy (non-hydrogen) atoms. The van der Waals surface area contributed by atoms with Gasteiger partial charge in [-0.05, 0) is 18.6 Å². The second-order valence-electron chi connectivity index (χ2n) is 2.89. The van der Waals surface area contributed by atoms with Crippen molar-refractivity contribution in [1.82, 2.24) is 0 Å². The zero-order valence-corrected chi connectivity index (χ0v) is 8.10. The SMILES string of the molecule is C=NN(C)c1ccc([N+](=O)[O-])cc1C. The van der Waals surface area contributed by atoms with Crippen LogP contribution in [0.25, 0.3) is 0 Å². The van der Waals surface area contributed by atoms with Gasteiger partial charge >= 0.3 is 0 Å². The molecule has 0 heterocycles. The van der Waals surface area contributed by atoms with Crippen molar-refractivity contribution in [3.8, 4) is 0 Å². The number of hydrogen-bond acceptors (Lipinski definition) is 4. The summed E-state index contributed by atoms with van der Waals surface area (Å²) < 4.78 is 0. The largest absolute Gasteiger partial charge is 0.269 e. The summed E-state index contributed by atoms with van der Waals surface area (Å²) in [5.74, 6) is 0. The van der Waals surface area contributed by atoms with Crippen molar-refractivity contribution < 1.29 is 4.92 Å². The zero-order chi connectivity index (χ0) is 10.7. The Morgan fingerprint density at radius 3 is 2.64 bits per heavy atom. The van der Waals surface area contributed by atoms with E-state index in [0.717, 1.165) is 11.3 Å². The lowest BCUT2D eigenvalue weighted by Crippen LogP contribution is -2.08. The molecule has 1 rings (SSSR count). The molecular weight excluding hydrogens is 182 g/mol. The quantitative estimate of drug-likeness (QED) is 0.419. The molecule has 0 radical (unpaired) electrons. The minimum Gasteiger partial charge on any atom is -0.269 e. The van der Waals surface area contributed by atoms with Gasteiger partial charge in [0.05, 0.1) is 10.6 Å². The Hall–Kier alpha value is -1.91. The molecular formula is C9H11N3O2. The number of anilines is 1. The lowest BCUT2D eigenvalue weighted by Gasteiger charge is -2.14. The molecule has 0 N–H and O–H groups in total. The fourth-order valence-electron chi connectivity index (χ4n) is 1.19. The Kier molecular flexibility index (Phi) is 2.81. The van der Waals surface area contributed by atoms with E-state index in [1.807, 2.05) is 0 Å². The van der Waals surface area contributed by atoms with E-state index in [0.29, 0.717) is 0 Å². The van der Waals surface area contributed by atoms with Gasteiger partial charge in [0.25, 0.3) is 5.69 Å². The van der Waals surface area contributed by atoms with E-state index >= 15 is 0 Å². The monoisotopic (exact) mass is 193 g/mol. The topological polar surface area (TPSA) is 58.7 Å². The molecule has 0 aliphatic rings. The van der Waals surface area contributed by atoms with Crippen molar-refractivity contribution in [3.63, 3.8) is 0 Å². The smallest absolute Gasteiger partial charge is 0.269 e. The first-order valence-electron chi connectivity index (χ1n) is 4.01. The summed E-state index contributed by atoms with van der Waals surface area (Å²) >= 11 is 0. The fraction of sp³-hybridized carbons (Fsp3) is 0.222. The standard InChI is InChI=1S/C9H11N3O2/c1-7-6-8(12(13)14)4-5-9(7)11(3)10-2/h4-6H,2H2,1,3H3. The highest BCUT2D eigenvalue weighted by Gasteiger charge is 2.09. The van der Waals surface area contributed by atoms with Gasteiger partial charge in [0.2, 0.25) is 0 Å². The first-order valence-corrected chi connectivity index (χ1v) is 4.01. The predicted octanol–water partition coefficient (Wildman–Crippen LogP) is 1.96. The molecule has 1 aromatic rings. The molecule has 0 aliphatic heterocycles. The molecule has 0 fully saturated rings. The molecule has 1 aromatic carbocycles. The van der Waals surface area contributed by atoms with Gasteiger partial charge in [0.15, 0.2) is 0 Å². The van der Waals surface area contributed by atoms with Gasteiger partial charge in [-0.1, -0.05) is 0 Å². The number of nitro groups is 1. The number of aryl methyl sites for hydroxylation is 1. The molecule has 0 aromatic heterocycles. The number of hydrogen-bond donors (Lipinski definition) is 0. The minimum atomic E-state index is -0.419. The highest BCUT2D eigenvalue weighted by molar-refractivity contribution is 5.57. The van der Waals surface area contributed by atoms with Crippen LogP contribution < -0.4 is 5.01 Å². The molecule has 0 unspecified atom stereocenters. The Morgan fingerprint density at radius 2 is 2.21 bits per heavy atom. The summed E-state index contributed by atoms with van der Waals surface area (Å²) in [6.45, 7) is 5.17. The number of benzene rings is 1. The lowest BCUT2D eigenvalue weighted by molar-refractivity contribution is -0.384. The van der Waals surface area contributed by atoms with E-state index in [2.05, 4.69) is 11.8 Å². The Labute approximate surface area is 81.8 Å². The van der Waals surface area contributed by atoms with E-state index in [9.17, 15) is 10.1 Å². The average Bonchev–Trinajstić information content (AvgIpc) is 2.16. The van der Waals surface area contributed by atoms with Crippen LogP contribution in [0, 0.1) is 17.0 Å². The molecule has 74 valence electrons. The summed E-state index contributed by atoms with van der Waals surface area (Å²) in [7, 11) is 1.74. The third-order valence-electron chi connectivity index (χ3n) is 1.95. The second-order valence-corrected chi connectivity index (χ2v) is 2.89. The maximum absolute atomic E-state index is 10.5. The third kappa shape index (κ3) is 1.87. The second kappa shape index (κ2) is 3.87. The van der Waals surface area contributed by atoms with E-state index in [1.165, 1.54) is 12.1 Å². The maximum atomic E-state index is 10.5. The molecule has 5 heteroatoms. The molecule has 0 saturated heterocycles. The maximum Gasteiger partial charge on any atom is 0.269 e. The van der Waals surface area contributed by atoms with Crippen LogP contribution in [0.4, 0.5) is 11.4 Å². The summed E-state index contributed by atoms with van der Waals surface area (Å²) in [6, 6.07) is 4.61. The van der Waals surface area contributed by atoms with Crippen molar-refractivity contribution in [2.75, 3.05) is 12.1 Å². The summed E-state index contributed by atoms with van der Waals surface area (Å²) in [5.41, 5.74) is 1.70. The van der Waals surface area contributed by atoms with Gasteiger partial charge in [0, 0.05) is 25.9 Å². The zero-order valence-electron chi connectivity index (χ0n) is 8.10. The summed E-state index contributed by atoms with van der Waals surface area (Å²) in [5, 5.41) is 15.7. The molecule has 0 bridgehead atoms. The van der Waals surface area contributed by atoms with Crippen LogP contribution in [-0.2, 0) is 0 Å². The van der Waals surface area contributed by atoms with Crippen LogP contribution in [0.15, 0.2) is 23.3 Å². The first-order chi connectivity index (χ1) is 6.56. The van der Waals surface area contributed by atoms with Crippen LogP contribution >= 0.6 is 0 Å². The van der Waals surface area contributed by atoms with Crippen LogP contribution in [-0.4, -0.2) is 18.7 Å². The summed E-state index contributed by atoms with van der Waals surface area (Å²) in [6.07, 6.45) is 0. The van der Waals surface area contributed by atoms with E-state index in [1.54, 1.807) is 25.0 Å². The van der Waals surface area contributed by atoms with Gasteiger partial charge in [-0.15, -0.1) is 0 Å². The van der Waals surface area contributed by atoms with Crippen LogP contribution in [0.2, 0.25) is 0 Å². The minimum absolute atomic E-state index is 0.0868. The van der Waals surface area contributed by atoms with Crippen molar-refractivity contribution in [1.29, 1.82) is 0 Å². The average molecular weight is 193 g/mol. The number of non-ortho nitro benzene ring substituents is 1. The van der Waals surface area contributed by atoms with Crippen molar-refractivity contribution in [2.24, 2.45) is 5.10 Å². The third-order valence-corrected chi connectivity index (χ3v) is 1.95. The Morgan fingerprint density at radius 1 is 1.57 bits per heavy atom. The normalized spacial score (nSPS) is 9.57. The molecule has 0 aliphatic carbocycles. The van der Waals surface area contributed by atoms with Crippen molar-refractivity contribution >= 4 is 18.1 Å². The molecule has 0 saturated carbocycles. The Balaban J connectivity index is 3.13. The highest BCUT2D eigenvalue weighted by atomic mass is 16.6. The predicted molar refractivity (Wildman–Crippen MR) is 55.8 cm³/mol. The van der Waals surface area contributed by atoms with Crippen molar-refractivity contribution in [2.45, 2.75) is 6.92 Å². The molecule has 0 spiro atoms. The molecule has 0 atom stereocenters. The van der Waals surface area contributed by atoms with Gasteiger partial charge in [-0.2, -0.15) is 5.10 Å². The van der Waals surface area contributed by atoms with Crippen molar-refractivity contribution in [3.05, 3.63) is 33.9 Å². The molecule has 0 amide bonds. The highest BCUT2D eigenvalue weighted by Crippen LogP contribution is 2.23. The summed E-state index contributed by atoms with van der Waals surface area (Å²) in [4.78, 5) is 10.0.